The molecule has 0 unspecified atom stereocenters. The lowest BCUT2D eigenvalue weighted by Gasteiger charge is -2.09. The topological polar surface area (TPSA) is 51.6 Å². The average Bonchev–Trinajstić information content (AvgIpc) is 2.73. The van der Waals surface area contributed by atoms with Gasteiger partial charge in [-0.3, -0.25) is 0 Å². The van der Waals surface area contributed by atoms with Crippen LogP contribution in [0.5, 0.6) is 11.5 Å². The van der Waals surface area contributed by atoms with Gasteiger partial charge in [-0.15, -0.1) is 0 Å². The number of aliphatic hydroxyl groups excluding tert-OH is 1. The van der Waals surface area contributed by atoms with Crippen LogP contribution in [0.15, 0.2) is 46.5 Å². The molecule has 0 radical (unpaired) electrons. The molecule has 0 fully saturated rings. The first-order valence-electron chi connectivity index (χ1n) is 6.48. The molecule has 5 heteroatoms. The van der Waals surface area contributed by atoms with Gasteiger partial charge in [0.25, 0.3) is 0 Å². The molecule has 104 valence electrons. The molecule has 3 rings (SSSR count). The molecule has 1 aliphatic heterocycles. The highest BCUT2D eigenvalue weighted by atomic mass is 32.2. The molecule has 2 heterocycles. The Bertz CT molecular complexity index is 586. The second kappa shape index (κ2) is 6.15. The molecule has 0 saturated carbocycles. The molecular formula is C15H15NO3S. The van der Waals surface area contributed by atoms with E-state index in [0.717, 1.165) is 33.4 Å². The van der Waals surface area contributed by atoms with Gasteiger partial charge in [0.05, 0.1) is 19.8 Å². The molecule has 0 amide bonds. The van der Waals surface area contributed by atoms with E-state index in [0.29, 0.717) is 13.2 Å². The van der Waals surface area contributed by atoms with Gasteiger partial charge in [-0.05, 0) is 29.8 Å². The maximum atomic E-state index is 9.00. The minimum Gasteiger partial charge on any atom is -0.490 e. The summed E-state index contributed by atoms with van der Waals surface area (Å²) in [4.78, 5) is 5.36. The number of aromatic nitrogens is 1. The largest absolute Gasteiger partial charge is 0.490 e. The monoisotopic (exact) mass is 289 g/mol. The third-order valence-corrected chi connectivity index (χ3v) is 3.86. The van der Waals surface area contributed by atoms with Gasteiger partial charge in [-0.25, -0.2) is 4.98 Å². The first-order chi connectivity index (χ1) is 9.85. The van der Waals surface area contributed by atoms with Gasteiger partial charge in [0.15, 0.2) is 11.5 Å². The Morgan fingerprint density at radius 1 is 1.10 bits per heavy atom. The minimum atomic E-state index is 0.0158. The van der Waals surface area contributed by atoms with Crippen LogP contribution in [-0.4, -0.2) is 23.3 Å². The van der Waals surface area contributed by atoms with E-state index in [9.17, 15) is 0 Å². The fraction of sp³-hybridized carbons (Fsp3) is 0.267. The highest BCUT2D eigenvalue weighted by Crippen LogP contribution is 2.35. The fourth-order valence-electron chi connectivity index (χ4n) is 1.89. The number of ether oxygens (including phenoxy) is 2. The van der Waals surface area contributed by atoms with Crippen molar-refractivity contribution < 1.29 is 14.6 Å². The Balaban J connectivity index is 1.78. The van der Waals surface area contributed by atoms with Crippen LogP contribution < -0.4 is 9.47 Å². The second-order valence-corrected chi connectivity index (χ2v) is 5.52. The predicted molar refractivity (Wildman–Crippen MR) is 76.3 cm³/mol. The van der Waals surface area contributed by atoms with Crippen molar-refractivity contribution in [1.29, 1.82) is 0 Å². The zero-order valence-electron chi connectivity index (χ0n) is 10.9. The predicted octanol–water partition coefficient (Wildman–Crippen LogP) is 2.89. The third-order valence-electron chi connectivity index (χ3n) is 2.92. The SMILES string of the molecule is OCc1ccc(Sc2ccc3c(c2)OCCCO3)nc1. The van der Waals surface area contributed by atoms with Crippen LogP contribution in [0.2, 0.25) is 0 Å². The van der Waals surface area contributed by atoms with Gasteiger partial charge in [0, 0.05) is 17.5 Å². The quantitative estimate of drug-likeness (QED) is 0.941. The summed E-state index contributed by atoms with van der Waals surface area (Å²) in [6, 6.07) is 9.69. The molecular weight excluding hydrogens is 274 g/mol. The first kappa shape index (κ1) is 13.3. The van der Waals surface area contributed by atoms with E-state index in [1.54, 1.807) is 18.0 Å². The molecule has 1 aliphatic rings. The van der Waals surface area contributed by atoms with Crippen molar-refractivity contribution >= 4 is 11.8 Å². The summed E-state index contributed by atoms with van der Waals surface area (Å²) in [5.41, 5.74) is 0.813. The molecule has 1 aromatic carbocycles. The molecule has 0 spiro atoms. The Labute approximate surface area is 121 Å². The highest BCUT2D eigenvalue weighted by molar-refractivity contribution is 7.99. The molecule has 2 aromatic rings. The van der Waals surface area contributed by atoms with Crippen molar-refractivity contribution in [1.82, 2.24) is 4.98 Å². The molecule has 1 aromatic heterocycles. The van der Waals surface area contributed by atoms with Gasteiger partial charge in [-0.1, -0.05) is 17.8 Å². The molecule has 0 saturated heterocycles. The number of aliphatic hydroxyl groups is 1. The maximum Gasteiger partial charge on any atom is 0.162 e. The first-order valence-corrected chi connectivity index (χ1v) is 7.30. The molecule has 0 atom stereocenters. The average molecular weight is 289 g/mol. The zero-order valence-corrected chi connectivity index (χ0v) is 11.7. The van der Waals surface area contributed by atoms with Crippen molar-refractivity contribution in [2.24, 2.45) is 0 Å². The van der Waals surface area contributed by atoms with E-state index in [1.807, 2.05) is 30.3 Å². The number of rotatable bonds is 3. The van der Waals surface area contributed by atoms with Gasteiger partial charge in [0.2, 0.25) is 0 Å². The van der Waals surface area contributed by atoms with Crippen molar-refractivity contribution in [3.8, 4) is 11.5 Å². The number of fused-ring (bicyclic) bond motifs is 1. The standard InChI is InChI=1S/C15H15NO3S/c17-10-11-2-5-15(16-9-11)20-12-3-4-13-14(8-12)19-7-1-6-18-13/h2-5,8-9,17H,1,6-7,10H2. The Morgan fingerprint density at radius 2 is 1.95 bits per heavy atom. The van der Waals surface area contributed by atoms with E-state index in [1.165, 1.54) is 0 Å². The number of hydrogen-bond donors (Lipinski definition) is 1. The van der Waals surface area contributed by atoms with E-state index in [4.69, 9.17) is 14.6 Å². The fourth-order valence-corrected chi connectivity index (χ4v) is 2.68. The smallest absolute Gasteiger partial charge is 0.162 e. The normalized spacial score (nSPS) is 13.8. The number of nitrogens with zero attached hydrogens (tertiary/aromatic N) is 1. The van der Waals surface area contributed by atoms with E-state index in [2.05, 4.69) is 4.98 Å². The highest BCUT2D eigenvalue weighted by Gasteiger charge is 2.11. The Morgan fingerprint density at radius 3 is 2.70 bits per heavy atom. The lowest BCUT2D eigenvalue weighted by molar-refractivity contribution is 0.281. The van der Waals surface area contributed by atoms with Crippen LogP contribution in [0.1, 0.15) is 12.0 Å². The van der Waals surface area contributed by atoms with Gasteiger partial charge in [0.1, 0.15) is 5.03 Å². The molecule has 4 nitrogen and oxygen atoms in total. The molecule has 20 heavy (non-hydrogen) atoms. The van der Waals surface area contributed by atoms with Gasteiger partial charge >= 0.3 is 0 Å². The number of pyridine rings is 1. The van der Waals surface area contributed by atoms with Crippen molar-refractivity contribution in [3.05, 3.63) is 42.1 Å². The summed E-state index contributed by atoms with van der Waals surface area (Å²) in [6.45, 7) is 1.40. The van der Waals surface area contributed by atoms with Crippen LogP contribution in [0.4, 0.5) is 0 Å². The van der Waals surface area contributed by atoms with Crippen LogP contribution in [0.3, 0.4) is 0 Å². The van der Waals surface area contributed by atoms with Crippen molar-refractivity contribution in [2.45, 2.75) is 22.9 Å². The van der Waals surface area contributed by atoms with E-state index >= 15 is 0 Å². The zero-order chi connectivity index (χ0) is 13.8. The molecule has 0 bridgehead atoms. The summed E-state index contributed by atoms with van der Waals surface area (Å²) in [5, 5.41) is 9.89. The van der Waals surface area contributed by atoms with Crippen molar-refractivity contribution in [3.63, 3.8) is 0 Å². The minimum absolute atomic E-state index is 0.0158. The van der Waals surface area contributed by atoms with Gasteiger partial charge in [-0.2, -0.15) is 0 Å². The lowest BCUT2D eigenvalue weighted by atomic mass is 10.3. The van der Waals surface area contributed by atoms with Crippen LogP contribution >= 0.6 is 11.8 Å². The summed E-state index contributed by atoms with van der Waals surface area (Å²) < 4.78 is 11.3. The van der Waals surface area contributed by atoms with Crippen LogP contribution in [-0.2, 0) is 6.61 Å². The Kier molecular flexibility index (Phi) is 4.08. The lowest BCUT2D eigenvalue weighted by Crippen LogP contribution is -1.97. The summed E-state index contributed by atoms with van der Waals surface area (Å²) >= 11 is 1.56. The van der Waals surface area contributed by atoms with Gasteiger partial charge < -0.3 is 14.6 Å². The summed E-state index contributed by atoms with van der Waals surface area (Å²) in [7, 11) is 0. The molecule has 0 aliphatic carbocycles. The maximum absolute atomic E-state index is 9.00. The van der Waals surface area contributed by atoms with E-state index in [-0.39, 0.29) is 6.61 Å². The number of hydrogen-bond acceptors (Lipinski definition) is 5. The van der Waals surface area contributed by atoms with Crippen LogP contribution in [0.25, 0.3) is 0 Å². The summed E-state index contributed by atoms with van der Waals surface area (Å²) in [6.07, 6.45) is 2.59. The third kappa shape index (κ3) is 3.05. The van der Waals surface area contributed by atoms with E-state index < -0.39 is 0 Å². The van der Waals surface area contributed by atoms with Crippen molar-refractivity contribution in [2.75, 3.05) is 13.2 Å². The Hall–Kier alpha value is -1.72. The number of benzene rings is 1. The molecule has 1 N–H and O–H groups in total. The second-order valence-electron chi connectivity index (χ2n) is 4.42. The van der Waals surface area contributed by atoms with Crippen LogP contribution in [0, 0.1) is 0 Å². The summed E-state index contributed by atoms with van der Waals surface area (Å²) in [5.74, 6) is 1.59.